The number of ether oxygens (including phenoxy) is 3. The van der Waals surface area contributed by atoms with Crippen LogP contribution in [0.1, 0.15) is 0 Å². The summed E-state index contributed by atoms with van der Waals surface area (Å²) in [5, 5.41) is 7.77. The minimum absolute atomic E-state index is 0.199. The zero-order valence-electron chi connectivity index (χ0n) is 14.8. The first kappa shape index (κ1) is 18.9. The third kappa shape index (κ3) is 5.04. The normalized spacial score (nSPS) is 9.81. The number of rotatable bonds is 7. The number of methoxy groups -OCH3 is 3. The summed E-state index contributed by atoms with van der Waals surface area (Å²) in [7, 11) is 4.46. The summed E-state index contributed by atoms with van der Waals surface area (Å²) in [6, 6.07) is 11.7. The van der Waals surface area contributed by atoms with E-state index in [0.29, 0.717) is 28.6 Å². The Labute approximate surface area is 151 Å². The number of anilines is 2. The van der Waals surface area contributed by atoms with Crippen molar-refractivity contribution in [1.29, 1.82) is 0 Å². The molecule has 2 aromatic carbocycles. The van der Waals surface area contributed by atoms with Crippen LogP contribution in [0.5, 0.6) is 17.2 Å². The molecule has 0 aliphatic heterocycles. The maximum absolute atomic E-state index is 12.1. The largest absolute Gasteiger partial charge is 0.493 e. The number of carbonyl (C=O) groups is 2. The fourth-order valence-corrected chi connectivity index (χ4v) is 2.22. The summed E-state index contributed by atoms with van der Waals surface area (Å²) in [4.78, 5) is 23.9. The van der Waals surface area contributed by atoms with Crippen molar-refractivity contribution in [2.24, 2.45) is 0 Å². The number of para-hydroxylation sites is 1. The fraction of sp³-hybridized carbons (Fsp3) is 0.222. The van der Waals surface area contributed by atoms with Crippen LogP contribution < -0.4 is 30.2 Å². The smallest absolute Gasteiger partial charge is 0.319 e. The second-order valence-electron chi connectivity index (χ2n) is 5.14. The number of benzene rings is 2. The molecule has 0 unspecified atom stereocenters. The third-order valence-corrected chi connectivity index (χ3v) is 3.39. The van der Waals surface area contributed by atoms with Gasteiger partial charge in [0.2, 0.25) is 11.7 Å². The van der Waals surface area contributed by atoms with E-state index in [4.69, 9.17) is 14.2 Å². The Balaban J connectivity index is 1.94. The van der Waals surface area contributed by atoms with Gasteiger partial charge in [0.15, 0.2) is 11.5 Å². The molecule has 0 aliphatic carbocycles. The molecule has 3 amide bonds. The van der Waals surface area contributed by atoms with E-state index < -0.39 is 11.9 Å². The van der Waals surface area contributed by atoms with Gasteiger partial charge in [0.1, 0.15) is 0 Å². The van der Waals surface area contributed by atoms with Crippen LogP contribution in [-0.4, -0.2) is 39.8 Å². The predicted octanol–water partition coefficient (Wildman–Crippen LogP) is 2.47. The van der Waals surface area contributed by atoms with Gasteiger partial charge >= 0.3 is 6.03 Å². The molecule has 3 N–H and O–H groups in total. The second kappa shape index (κ2) is 9.16. The molecule has 138 valence electrons. The summed E-state index contributed by atoms with van der Waals surface area (Å²) in [5.74, 6) is 0.852. The maximum Gasteiger partial charge on any atom is 0.319 e. The Morgan fingerprint density at radius 1 is 0.846 bits per heavy atom. The zero-order chi connectivity index (χ0) is 18.9. The van der Waals surface area contributed by atoms with Crippen LogP contribution >= 0.6 is 0 Å². The summed E-state index contributed by atoms with van der Waals surface area (Å²) in [5.41, 5.74) is 1.09. The van der Waals surface area contributed by atoms with E-state index in [9.17, 15) is 9.59 Å². The number of nitrogens with one attached hydrogen (secondary N) is 3. The molecule has 0 atom stereocenters. The van der Waals surface area contributed by atoms with Gasteiger partial charge < -0.3 is 30.2 Å². The molecule has 0 heterocycles. The van der Waals surface area contributed by atoms with Gasteiger partial charge in [0.05, 0.1) is 27.9 Å². The highest BCUT2D eigenvalue weighted by molar-refractivity contribution is 5.97. The van der Waals surface area contributed by atoms with E-state index >= 15 is 0 Å². The molecule has 0 saturated carbocycles. The summed E-state index contributed by atoms with van der Waals surface area (Å²) < 4.78 is 15.7. The Kier molecular flexibility index (Phi) is 6.67. The first-order valence-electron chi connectivity index (χ1n) is 7.77. The van der Waals surface area contributed by atoms with Crippen LogP contribution in [0.15, 0.2) is 42.5 Å². The van der Waals surface area contributed by atoms with Crippen LogP contribution in [0.3, 0.4) is 0 Å². The molecule has 2 aromatic rings. The highest BCUT2D eigenvalue weighted by Crippen LogP contribution is 2.39. The van der Waals surface area contributed by atoms with Crippen LogP contribution in [0.4, 0.5) is 16.2 Å². The van der Waals surface area contributed by atoms with Gasteiger partial charge in [0, 0.05) is 23.5 Å². The summed E-state index contributed by atoms with van der Waals surface area (Å²) in [6.07, 6.45) is 0. The highest BCUT2D eigenvalue weighted by atomic mass is 16.5. The molecule has 0 spiro atoms. The lowest BCUT2D eigenvalue weighted by atomic mass is 10.2. The standard InChI is InChI=1S/C18H21N3O5/c1-24-14-9-13(10-15(25-2)17(14)26-3)20-16(22)11-19-18(23)21-12-7-5-4-6-8-12/h4-10H,11H2,1-3H3,(H,20,22)(H2,19,21,23). The van der Waals surface area contributed by atoms with E-state index in [1.165, 1.54) is 21.3 Å². The Hall–Kier alpha value is -3.42. The van der Waals surface area contributed by atoms with Crippen LogP contribution in [0.25, 0.3) is 0 Å². The van der Waals surface area contributed by atoms with Crippen molar-refractivity contribution in [2.45, 2.75) is 0 Å². The lowest BCUT2D eigenvalue weighted by Crippen LogP contribution is -2.35. The van der Waals surface area contributed by atoms with Crippen molar-refractivity contribution >= 4 is 23.3 Å². The van der Waals surface area contributed by atoms with Gasteiger partial charge in [-0.3, -0.25) is 4.79 Å². The predicted molar refractivity (Wildman–Crippen MR) is 98.2 cm³/mol. The minimum atomic E-state index is -0.476. The molecule has 0 aromatic heterocycles. The Bertz CT molecular complexity index is 740. The van der Waals surface area contributed by atoms with E-state index in [1.54, 1.807) is 36.4 Å². The monoisotopic (exact) mass is 359 g/mol. The SMILES string of the molecule is COc1cc(NC(=O)CNC(=O)Nc2ccccc2)cc(OC)c1OC. The molecule has 0 radical (unpaired) electrons. The highest BCUT2D eigenvalue weighted by Gasteiger charge is 2.14. The van der Waals surface area contributed by atoms with Crippen LogP contribution in [-0.2, 0) is 4.79 Å². The number of hydrogen-bond acceptors (Lipinski definition) is 5. The molecule has 0 fully saturated rings. The number of urea groups is 1. The summed E-state index contributed by atoms with van der Waals surface area (Å²) in [6.45, 7) is -0.199. The van der Waals surface area contributed by atoms with Gasteiger partial charge in [0.25, 0.3) is 0 Å². The van der Waals surface area contributed by atoms with Crippen molar-refractivity contribution < 1.29 is 23.8 Å². The third-order valence-electron chi connectivity index (χ3n) is 3.39. The van der Waals surface area contributed by atoms with Gasteiger partial charge in [-0.25, -0.2) is 4.79 Å². The van der Waals surface area contributed by atoms with Crippen LogP contribution in [0.2, 0.25) is 0 Å². The second-order valence-corrected chi connectivity index (χ2v) is 5.14. The van der Waals surface area contributed by atoms with Crippen molar-refractivity contribution in [3.63, 3.8) is 0 Å². The van der Waals surface area contributed by atoms with Crippen LogP contribution in [0, 0.1) is 0 Å². The molecule has 2 rings (SSSR count). The van der Waals surface area contributed by atoms with E-state index in [2.05, 4.69) is 16.0 Å². The van der Waals surface area contributed by atoms with Gasteiger partial charge in [-0.2, -0.15) is 0 Å². The molecule has 26 heavy (non-hydrogen) atoms. The average molecular weight is 359 g/mol. The minimum Gasteiger partial charge on any atom is -0.493 e. The van der Waals surface area contributed by atoms with E-state index in [-0.39, 0.29) is 6.54 Å². The lowest BCUT2D eigenvalue weighted by molar-refractivity contribution is -0.115. The quantitative estimate of drug-likeness (QED) is 0.705. The maximum atomic E-state index is 12.1. The molecule has 0 aliphatic rings. The topological polar surface area (TPSA) is 97.9 Å². The molecule has 8 heteroatoms. The number of carbonyl (C=O) groups excluding carboxylic acids is 2. The lowest BCUT2D eigenvalue weighted by Gasteiger charge is -2.14. The van der Waals surface area contributed by atoms with Gasteiger partial charge in [-0.1, -0.05) is 18.2 Å². The van der Waals surface area contributed by atoms with Crippen molar-refractivity contribution in [3.8, 4) is 17.2 Å². The average Bonchev–Trinajstić information content (AvgIpc) is 2.66. The Morgan fingerprint density at radius 2 is 1.46 bits per heavy atom. The molecule has 8 nitrogen and oxygen atoms in total. The number of amides is 3. The molecular formula is C18H21N3O5. The molecular weight excluding hydrogens is 338 g/mol. The van der Waals surface area contributed by atoms with E-state index in [1.807, 2.05) is 6.07 Å². The van der Waals surface area contributed by atoms with E-state index in [0.717, 1.165) is 0 Å². The van der Waals surface area contributed by atoms with Crippen molar-refractivity contribution in [1.82, 2.24) is 5.32 Å². The fourth-order valence-electron chi connectivity index (χ4n) is 2.22. The molecule has 0 saturated heterocycles. The first-order chi connectivity index (χ1) is 12.6. The van der Waals surface area contributed by atoms with Gasteiger partial charge in [-0.15, -0.1) is 0 Å². The Morgan fingerprint density at radius 3 is 2.00 bits per heavy atom. The number of hydrogen-bond donors (Lipinski definition) is 3. The first-order valence-corrected chi connectivity index (χ1v) is 7.77. The van der Waals surface area contributed by atoms with Crippen molar-refractivity contribution in [3.05, 3.63) is 42.5 Å². The van der Waals surface area contributed by atoms with Crippen molar-refractivity contribution in [2.75, 3.05) is 38.5 Å². The molecule has 0 bridgehead atoms. The summed E-state index contributed by atoms with van der Waals surface area (Å²) >= 11 is 0. The van der Waals surface area contributed by atoms with Gasteiger partial charge in [-0.05, 0) is 12.1 Å². The zero-order valence-corrected chi connectivity index (χ0v) is 14.8.